The second kappa shape index (κ2) is 12.6. The fourth-order valence-electron chi connectivity index (χ4n) is 3.24. The van der Waals surface area contributed by atoms with E-state index in [1.807, 2.05) is 27.7 Å². The molecular formula is C25H33N3O7. The van der Waals surface area contributed by atoms with E-state index >= 15 is 0 Å². The van der Waals surface area contributed by atoms with E-state index in [1.165, 1.54) is 17.7 Å². The first kappa shape index (κ1) is 27.4. The van der Waals surface area contributed by atoms with Gasteiger partial charge in [-0.15, -0.1) is 0 Å². The van der Waals surface area contributed by atoms with E-state index in [4.69, 9.17) is 19.9 Å². The fraction of sp³-hybridized carbons (Fsp3) is 0.440. The maximum Gasteiger partial charge on any atom is 0.332 e. The van der Waals surface area contributed by atoms with E-state index in [0.29, 0.717) is 30.3 Å². The van der Waals surface area contributed by atoms with Crippen molar-refractivity contribution in [3.8, 4) is 11.5 Å². The normalized spacial score (nSPS) is 11.1. The second-order valence-corrected chi connectivity index (χ2v) is 8.26. The minimum atomic E-state index is -0.835. The number of carbonyl (C=O) groups is 2. The number of nitrogens with two attached hydrogens (primary N) is 1. The van der Waals surface area contributed by atoms with Gasteiger partial charge >= 0.3 is 11.7 Å². The minimum absolute atomic E-state index is 0.0499. The largest absolute Gasteiger partial charge is 0.490 e. The Morgan fingerprint density at radius 3 is 2.46 bits per heavy atom. The molecule has 0 aliphatic carbocycles. The van der Waals surface area contributed by atoms with Gasteiger partial charge in [-0.3, -0.25) is 18.7 Å². The SMILES string of the molecule is CCCOc1ccc(C=CC(=O)OCC(=O)c2c(N)n(CC(C)C)c(=O)n(C)c2=O)cc1OCC. The first-order valence-electron chi connectivity index (χ1n) is 11.5. The van der Waals surface area contributed by atoms with Crippen LogP contribution in [0.25, 0.3) is 6.08 Å². The molecule has 0 aliphatic heterocycles. The van der Waals surface area contributed by atoms with Crippen molar-refractivity contribution < 1.29 is 23.8 Å². The summed E-state index contributed by atoms with van der Waals surface area (Å²) in [6.45, 7) is 8.14. The molecule has 0 saturated heterocycles. The van der Waals surface area contributed by atoms with Crippen LogP contribution < -0.4 is 26.5 Å². The number of carbonyl (C=O) groups excluding carboxylic acids is 2. The lowest BCUT2D eigenvalue weighted by Gasteiger charge is -2.16. The Kier molecular flexibility index (Phi) is 9.86. The van der Waals surface area contributed by atoms with Crippen molar-refractivity contribution in [1.82, 2.24) is 9.13 Å². The number of anilines is 1. The lowest BCUT2D eigenvalue weighted by atomic mass is 10.1. The van der Waals surface area contributed by atoms with E-state index in [-0.39, 0.29) is 23.8 Å². The third-order valence-corrected chi connectivity index (χ3v) is 4.90. The number of ketones is 1. The van der Waals surface area contributed by atoms with Crippen molar-refractivity contribution >= 4 is 23.6 Å². The van der Waals surface area contributed by atoms with Crippen LogP contribution in [0.15, 0.2) is 33.9 Å². The Hall–Kier alpha value is -3.82. The third-order valence-electron chi connectivity index (χ3n) is 4.90. The third kappa shape index (κ3) is 7.08. The predicted octanol–water partition coefficient (Wildman–Crippen LogP) is 2.41. The van der Waals surface area contributed by atoms with Gasteiger partial charge in [0.1, 0.15) is 11.4 Å². The summed E-state index contributed by atoms with van der Waals surface area (Å²) in [5, 5.41) is 0. The lowest BCUT2D eigenvalue weighted by Crippen LogP contribution is -2.43. The molecule has 0 spiro atoms. The number of Topliss-reactive ketones (excluding diaryl/α,β-unsaturated/α-hetero) is 1. The van der Waals surface area contributed by atoms with Gasteiger partial charge in [0.25, 0.3) is 5.56 Å². The van der Waals surface area contributed by atoms with Gasteiger partial charge in [0, 0.05) is 19.7 Å². The van der Waals surface area contributed by atoms with Crippen LogP contribution in [0.2, 0.25) is 0 Å². The quantitative estimate of drug-likeness (QED) is 0.274. The van der Waals surface area contributed by atoms with E-state index in [0.717, 1.165) is 17.1 Å². The van der Waals surface area contributed by atoms with Crippen molar-refractivity contribution in [2.75, 3.05) is 25.6 Å². The zero-order valence-electron chi connectivity index (χ0n) is 20.8. The molecule has 1 aromatic heterocycles. The number of rotatable bonds is 12. The molecule has 2 aromatic rings. The summed E-state index contributed by atoms with van der Waals surface area (Å²) in [4.78, 5) is 49.7. The van der Waals surface area contributed by atoms with Gasteiger partial charge in [-0.05, 0) is 43.0 Å². The van der Waals surface area contributed by atoms with Crippen molar-refractivity contribution in [2.24, 2.45) is 13.0 Å². The van der Waals surface area contributed by atoms with Crippen LogP contribution >= 0.6 is 0 Å². The highest BCUT2D eigenvalue weighted by molar-refractivity contribution is 6.02. The molecule has 0 unspecified atom stereocenters. The summed E-state index contributed by atoms with van der Waals surface area (Å²) in [6, 6.07) is 5.23. The highest BCUT2D eigenvalue weighted by atomic mass is 16.5. The molecule has 0 saturated carbocycles. The zero-order chi connectivity index (χ0) is 26.1. The Balaban J connectivity index is 2.14. The number of hydrogen-bond acceptors (Lipinski definition) is 8. The molecule has 10 nitrogen and oxygen atoms in total. The minimum Gasteiger partial charge on any atom is -0.490 e. The summed E-state index contributed by atoms with van der Waals surface area (Å²) in [7, 11) is 1.27. The molecule has 0 radical (unpaired) electrons. The smallest absolute Gasteiger partial charge is 0.332 e. The van der Waals surface area contributed by atoms with Gasteiger partial charge < -0.3 is 19.9 Å². The molecule has 35 heavy (non-hydrogen) atoms. The second-order valence-electron chi connectivity index (χ2n) is 8.26. The Labute approximate surface area is 203 Å². The van der Waals surface area contributed by atoms with Crippen LogP contribution in [0.4, 0.5) is 5.82 Å². The summed E-state index contributed by atoms with van der Waals surface area (Å²) in [5.74, 6) is -0.607. The molecule has 0 aliphatic rings. The van der Waals surface area contributed by atoms with Gasteiger partial charge in [-0.2, -0.15) is 0 Å². The number of aromatic nitrogens is 2. The van der Waals surface area contributed by atoms with Crippen LogP contribution in [0.5, 0.6) is 11.5 Å². The van der Waals surface area contributed by atoms with E-state index in [2.05, 4.69) is 0 Å². The maximum absolute atomic E-state index is 12.7. The van der Waals surface area contributed by atoms with Crippen LogP contribution in [-0.4, -0.2) is 40.7 Å². The van der Waals surface area contributed by atoms with Gasteiger partial charge in [-0.25, -0.2) is 9.59 Å². The van der Waals surface area contributed by atoms with Gasteiger partial charge in [0.05, 0.1) is 13.2 Å². The van der Waals surface area contributed by atoms with Crippen LogP contribution in [0, 0.1) is 5.92 Å². The van der Waals surface area contributed by atoms with Crippen LogP contribution in [0.3, 0.4) is 0 Å². The molecule has 2 N–H and O–H groups in total. The molecule has 0 amide bonds. The molecular weight excluding hydrogens is 454 g/mol. The lowest BCUT2D eigenvalue weighted by molar-refractivity contribution is -0.136. The Morgan fingerprint density at radius 1 is 1.11 bits per heavy atom. The number of hydrogen-bond donors (Lipinski definition) is 1. The standard InChI is InChI=1S/C25H33N3O7/c1-6-12-34-19-10-8-17(13-20(19)33-7-2)9-11-21(30)35-15-18(29)22-23(26)28(14-16(3)4)25(32)27(5)24(22)31/h8-11,13,16H,6-7,12,14-15,26H2,1-5H3. The van der Waals surface area contributed by atoms with Crippen molar-refractivity contribution in [2.45, 2.75) is 40.7 Å². The highest BCUT2D eigenvalue weighted by Crippen LogP contribution is 2.29. The Bertz CT molecular complexity index is 1210. The first-order chi connectivity index (χ1) is 16.6. The molecule has 1 heterocycles. The van der Waals surface area contributed by atoms with Crippen molar-refractivity contribution in [3.63, 3.8) is 0 Å². The summed E-state index contributed by atoms with van der Waals surface area (Å²) < 4.78 is 18.3. The van der Waals surface area contributed by atoms with Gasteiger partial charge in [-0.1, -0.05) is 26.8 Å². The van der Waals surface area contributed by atoms with Crippen molar-refractivity contribution in [1.29, 1.82) is 0 Å². The summed E-state index contributed by atoms with van der Waals surface area (Å²) in [6.07, 6.45) is 3.52. The average Bonchev–Trinajstić information content (AvgIpc) is 2.82. The number of benzene rings is 1. The van der Waals surface area contributed by atoms with Gasteiger partial charge in [0.2, 0.25) is 5.78 Å². The molecule has 10 heteroatoms. The number of nitrogen functional groups attached to an aromatic ring is 1. The van der Waals surface area contributed by atoms with E-state index in [9.17, 15) is 19.2 Å². The zero-order valence-corrected chi connectivity index (χ0v) is 20.8. The van der Waals surface area contributed by atoms with Crippen LogP contribution in [-0.2, 0) is 23.1 Å². The highest BCUT2D eigenvalue weighted by Gasteiger charge is 2.22. The summed E-state index contributed by atoms with van der Waals surface area (Å²) in [5.41, 5.74) is 4.81. The molecule has 190 valence electrons. The predicted molar refractivity (Wildman–Crippen MR) is 133 cm³/mol. The molecule has 2 rings (SSSR count). The topological polar surface area (TPSA) is 132 Å². The van der Waals surface area contributed by atoms with Gasteiger partial charge in [0.15, 0.2) is 18.1 Å². The molecule has 1 aromatic carbocycles. The average molecular weight is 488 g/mol. The molecule has 0 fully saturated rings. The maximum atomic E-state index is 12.7. The number of esters is 1. The number of nitrogens with zero attached hydrogens (tertiary/aromatic N) is 2. The van der Waals surface area contributed by atoms with E-state index in [1.54, 1.807) is 18.2 Å². The Morgan fingerprint density at radius 2 is 1.83 bits per heavy atom. The monoisotopic (exact) mass is 487 g/mol. The first-order valence-corrected chi connectivity index (χ1v) is 11.5. The number of ether oxygens (including phenoxy) is 3. The fourth-order valence-corrected chi connectivity index (χ4v) is 3.24. The molecule has 0 bridgehead atoms. The van der Waals surface area contributed by atoms with E-state index < -0.39 is 29.6 Å². The van der Waals surface area contributed by atoms with Crippen molar-refractivity contribution in [3.05, 3.63) is 56.2 Å². The summed E-state index contributed by atoms with van der Waals surface area (Å²) >= 11 is 0. The molecule has 0 atom stereocenters. The van der Waals surface area contributed by atoms with Crippen LogP contribution in [0.1, 0.15) is 50.0 Å².